The van der Waals surface area contributed by atoms with Crippen molar-refractivity contribution in [3.8, 4) is 10.8 Å². The van der Waals surface area contributed by atoms with Gasteiger partial charge in [-0.2, -0.15) is 0 Å². The van der Waals surface area contributed by atoms with Gasteiger partial charge in [0.05, 0.1) is 21.1 Å². The van der Waals surface area contributed by atoms with E-state index < -0.39 is 11.0 Å². The van der Waals surface area contributed by atoms with Gasteiger partial charge in [-0.05, 0) is 28.9 Å². The van der Waals surface area contributed by atoms with Crippen LogP contribution in [0.2, 0.25) is 10.0 Å². The molecule has 1 atom stereocenters. The van der Waals surface area contributed by atoms with E-state index in [0.717, 1.165) is 11.3 Å². The van der Waals surface area contributed by atoms with E-state index in [1.807, 2.05) is 0 Å². The third-order valence-electron chi connectivity index (χ3n) is 2.48. The summed E-state index contributed by atoms with van der Waals surface area (Å²) in [6, 6.07) is 4.27. The fourth-order valence-corrected chi connectivity index (χ4v) is 3.23. The monoisotopic (exact) mass is 411 g/mol. The van der Waals surface area contributed by atoms with Crippen LogP contribution in [-0.2, 0) is 0 Å². The Hall–Kier alpha value is -0.860. The molecule has 21 heavy (non-hydrogen) atoms. The van der Waals surface area contributed by atoms with Gasteiger partial charge < -0.3 is 9.84 Å². The van der Waals surface area contributed by atoms with Crippen molar-refractivity contribution in [3.63, 3.8) is 0 Å². The Morgan fingerprint density at radius 1 is 1.38 bits per heavy atom. The minimum Gasteiger partial charge on any atom is -0.438 e. The molecule has 2 aromatic rings. The molecule has 1 heterocycles. The van der Waals surface area contributed by atoms with E-state index in [4.69, 9.17) is 27.9 Å². The van der Waals surface area contributed by atoms with Crippen LogP contribution in [0.15, 0.2) is 22.7 Å². The number of ether oxygens (including phenoxy) is 1. The first-order valence-electron chi connectivity index (χ1n) is 5.58. The lowest BCUT2D eigenvalue weighted by Crippen LogP contribution is -1.90. The molecule has 0 saturated carbocycles. The Balaban J connectivity index is 2.43. The first kappa shape index (κ1) is 16.5. The van der Waals surface area contributed by atoms with Crippen LogP contribution in [0.1, 0.15) is 17.9 Å². The number of nitro groups is 1. The normalized spacial score (nSPS) is 12.2. The summed E-state index contributed by atoms with van der Waals surface area (Å²) in [5, 5.41) is 21.2. The molecule has 0 radical (unpaired) electrons. The SMILES string of the molecule is CC(O)c1cc([N+](=O)[O-])c(Oc2cc(Cl)c(Br)cc2Cl)s1. The maximum atomic E-state index is 11.0. The molecule has 0 spiro atoms. The predicted octanol–water partition coefficient (Wildman–Crippen LogP) is 5.57. The maximum absolute atomic E-state index is 11.0. The van der Waals surface area contributed by atoms with Gasteiger partial charge in [-0.1, -0.05) is 34.5 Å². The van der Waals surface area contributed by atoms with Crippen LogP contribution in [0.5, 0.6) is 10.8 Å². The van der Waals surface area contributed by atoms with Crippen molar-refractivity contribution in [1.29, 1.82) is 0 Å². The molecule has 0 aliphatic heterocycles. The van der Waals surface area contributed by atoms with Gasteiger partial charge in [-0.15, -0.1) is 0 Å². The second kappa shape index (κ2) is 6.50. The molecule has 5 nitrogen and oxygen atoms in total. The number of rotatable bonds is 4. The summed E-state index contributed by atoms with van der Waals surface area (Å²) >= 11 is 16.2. The molecular formula is C12H8BrCl2NO4S. The summed E-state index contributed by atoms with van der Waals surface area (Å²) < 4.78 is 6.09. The van der Waals surface area contributed by atoms with Gasteiger partial charge in [-0.25, -0.2) is 0 Å². The third-order valence-corrected chi connectivity index (χ3v) is 5.15. The van der Waals surface area contributed by atoms with Crippen LogP contribution in [0.3, 0.4) is 0 Å². The Morgan fingerprint density at radius 2 is 2.05 bits per heavy atom. The van der Waals surface area contributed by atoms with Crippen molar-refractivity contribution in [2.75, 3.05) is 0 Å². The van der Waals surface area contributed by atoms with Crippen LogP contribution in [0.25, 0.3) is 0 Å². The number of thiophene rings is 1. The van der Waals surface area contributed by atoms with Crippen molar-refractivity contribution in [3.05, 3.63) is 47.7 Å². The highest BCUT2D eigenvalue weighted by molar-refractivity contribution is 9.10. The predicted molar refractivity (Wildman–Crippen MR) is 85.8 cm³/mol. The Labute approximate surface area is 142 Å². The van der Waals surface area contributed by atoms with Crippen molar-refractivity contribution in [2.45, 2.75) is 13.0 Å². The van der Waals surface area contributed by atoms with Crippen LogP contribution in [-0.4, -0.2) is 10.0 Å². The zero-order chi connectivity index (χ0) is 15.7. The first-order chi connectivity index (χ1) is 9.79. The van der Waals surface area contributed by atoms with Gasteiger partial charge in [0.2, 0.25) is 0 Å². The van der Waals surface area contributed by atoms with Crippen LogP contribution < -0.4 is 4.74 Å². The molecule has 1 unspecified atom stereocenters. The lowest BCUT2D eigenvalue weighted by molar-refractivity contribution is -0.385. The summed E-state index contributed by atoms with van der Waals surface area (Å²) in [6.07, 6.45) is -0.824. The molecule has 1 aromatic heterocycles. The van der Waals surface area contributed by atoms with Gasteiger partial charge >= 0.3 is 5.69 Å². The fraction of sp³-hybridized carbons (Fsp3) is 0.167. The summed E-state index contributed by atoms with van der Waals surface area (Å²) in [4.78, 5) is 10.9. The van der Waals surface area contributed by atoms with Crippen LogP contribution in [0, 0.1) is 10.1 Å². The largest absolute Gasteiger partial charge is 0.438 e. The van der Waals surface area contributed by atoms with Crippen molar-refractivity contribution >= 4 is 56.2 Å². The Morgan fingerprint density at radius 3 is 2.62 bits per heavy atom. The second-order valence-corrected chi connectivity index (χ2v) is 6.77. The zero-order valence-electron chi connectivity index (χ0n) is 10.5. The van der Waals surface area contributed by atoms with Gasteiger partial charge in [0.1, 0.15) is 5.75 Å². The van der Waals surface area contributed by atoms with Gasteiger partial charge in [-0.3, -0.25) is 10.1 Å². The highest BCUT2D eigenvalue weighted by Gasteiger charge is 2.24. The average molecular weight is 413 g/mol. The summed E-state index contributed by atoms with van der Waals surface area (Å²) in [5.41, 5.74) is -0.231. The topological polar surface area (TPSA) is 72.6 Å². The van der Waals surface area contributed by atoms with Crippen LogP contribution in [0.4, 0.5) is 5.69 Å². The molecule has 0 bridgehead atoms. The minimum absolute atomic E-state index is 0.0381. The Kier molecular flexibility index (Phi) is 5.11. The molecule has 112 valence electrons. The second-order valence-electron chi connectivity index (χ2n) is 4.05. The average Bonchev–Trinajstić information content (AvgIpc) is 2.80. The van der Waals surface area contributed by atoms with Crippen molar-refractivity contribution in [2.24, 2.45) is 0 Å². The van der Waals surface area contributed by atoms with Crippen molar-refractivity contribution < 1.29 is 14.8 Å². The minimum atomic E-state index is -0.824. The molecule has 9 heteroatoms. The third kappa shape index (κ3) is 3.67. The standard InChI is InChI=1S/C12H8BrCl2NO4S/c1-5(17)11-4-9(16(18)19)12(21-11)20-10-3-7(14)6(13)2-8(10)15/h2-5,17H,1H3. The number of halogens is 3. The molecule has 2 rings (SSSR count). The number of benzene rings is 1. The molecule has 0 amide bonds. The van der Waals surface area contributed by atoms with Crippen molar-refractivity contribution in [1.82, 2.24) is 0 Å². The maximum Gasteiger partial charge on any atom is 0.323 e. The highest BCUT2D eigenvalue weighted by Crippen LogP contribution is 2.44. The molecule has 0 aliphatic rings. The fourth-order valence-electron chi connectivity index (χ4n) is 1.47. The number of nitrogens with zero attached hydrogens (tertiary/aromatic N) is 1. The molecule has 0 saturated heterocycles. The van der Waals surface area contributed by atoms with E-state index >= 15 is 0 Å². The molecule has 0 aliphatic carbocycles. The first-order valence-corrected chi connectivity index (χ1v) is 7.94. The zero-order valence-corrected chi connectivity index (χ0v) is 14.4. The van der Waals surface area contributed by atoms with Gasteiger partial charge in [0.15, 0.2) is 0 Å². The number of aliphatic hydroxyl groups is 1. The molecule has 1 N–H and O–H groups in total. The van der Waals surface area contributed by atoms with Gasteiger partial charge in [0, 0.05) is 21.5 Å². The number of hydrogen-bond donors (Lipinski definition) is 1. The van der Waals surface area contributed by atoms with E-state index in [9.17, 15) is 15.2 Å². The summed E-state index contributed by atoms with van der Waals surface area (Å²) in [6.45, 7) is 1.52. The molecular weight excluding hydrogens is 405 g/mol. The van der Waals surface area contributed by atoms with E-state index in [1.165, 1.54) is 25.1 Å². The van der Waals surface area contributed by atoms with Gasteiger partial charge in [0.25, 0.3) is 5.06 Å². The smallest absolute Gasteiger partial charge is 0.323 e. The molecule has 1 aromatic carbocycles. The van der Waals surface area contributed by atoms with E-state index in [-0.39, 0.29) is 21.5 Å². The lowest BCUT2D eigenvalue weighted by Gasteiger charge is -2.07. The lowest BCUT2D eigenvalue weighted by atomic mass is 10.3. The van der Waals surface area contributed by atoms with E-state index in [1.54, 1.807) is 0 Å². The molecule has 0 fully saturated rings. The van der Waals surface area contributed by atoms with E-state index in [0.29, 0.717) is 14.4 Å². The highest BCUT2D eigenvalue weighted by atomic mass is 79.9. The summed E-state index contributed by atoms with van der Waals surface area (Å²) in [7, 11) is 0. The quantitative estimate of drug-likeness (QED) is 0.404. The summed E-state index contributed by atoms with van der Waals surface area (Å²) in [5.74, 6) is 0.201. The van der Waals surface area contributed by atoms with E-state index in [2.05, 4.69) is 15.9 Å². The van der Waals surface area contributed by atoms with Crippen LogP contribution >= 0.6 is 50.5 Å². The number of hydrogen-bond acceptors (Lipinski definition) is 5. The number of aliphatic hydroxyl groups excluding tert-OH is 1. The Bertz CT molecular complexity index is 705.